The Morgan fingerprint density at radius 3 is 2.50 bits per heavy atom. The molecule has 150 valence electrons. The van der Waals surface area contributed by atoms with Gasteiger partial charge in [-0.15, -0.1) is 11.8 Å². The van der Waals surface area contributed by atoms with Crippen molar-refractivity contribution in [2.24, 2.45) is 5.16 Å². The first-order valence-electron chi connectivity index (χ1n) is 9.34. The zero-order chi connectivity index (χ0) is 20.8. The molecule has 0 aliphatic carbocycles. The molecule has 0 amide bonds. The lowest BCUT2D eigenvalue weighted by molar-refractivity contribution is 0.132. The lowest BCUT2D eigenvalue weighted by atomic mass is 10.2. The number of oxime groups is 1. The minimum atomic E-state index is -0.271. The van der Waals surface area contributed by atoms with Crippen LogP contribution in [0.4, 0.5) is 4.39 Å². The summed E-state index contributed by atoms with van der Waals surface area (Å²) in [4.78, 5) is 10.2. The normalized spacial score (nSPS) is 11.3. The van der Waals surface area contributed by atoms with Gasteiger partial charge in [0.05, 0.1) is 11.7 Å². The fourth-order valence-electron chi connectivity index (χ4n) is 2.84. The molecule has 0 unspecified atom stereocenters. The molecule has 6 heteroatoms. The monoisotopic (exact) mass is 436 g/mol. The van der Waals surface area contributed by atoms with Crippen LogP contribution < -0.4 is 0 Å². The van der Waals surface area contributed by atoms with Crippen LogP contribution in [0.25, 0.3) is 10.9 Å². The summed E-state index contributed by atoms with van der Waals surface area (Å²) in [7, 11) is 0. The fraction of sp³-hybridized carbons (Fsp3) is 0.0833. The van der Waals surface area contributed by atoms with Gasteiger partial charge in [-0.25, -0.2) is 9.37 Å². The van der Waals surface area contributed by atoms with E-state index in [0.717, 1.165) is 43.4 Å². The molecule has 30 heavy (non-hydrogen) atoms. The summed E-state index contributed by atoms with van der Waals surface area (Å²) in [6.07, 6.45) is 1.67. The molecule has 0 atom stereocenters. The van der Waals surface area contributed by atoms with Crippen molar-refractivity contribution in [3.63, 3.8) is 0 Å². The second-order valence-corrected chi connectivity index (χ2v) is 8.03. The number of nitrogens with zero attached hydrogens (tertiary/aromatic N) is 2. The van der Waals surface area contributed by atoms with Crippen LogP contribution in [0.2, 0.25) is 5.02 Å². The molecule has 4 aromatic rings. The maximum absolute atomic E-state index is 13.0. The summed E-state index contributed by atoms with van der Waals surface area (Å²) >= 11 is 7.61. The summed E-state index contributed by atoms with van der Waals surface area (Å²) in [6.45, 7) is 0.269. The number of aromatic nitrogens is 1. The third kappa shape index (κ3) is 5.38. The number of rotatable bonds is 7. The molecule has 1 heterocycles. The Morgan fingerprint density at radius 1 is 0.967 bits per heavy atom. The Labute approximate surface area is 183 Å². The number of benzene rings is 3. The van der Waals surface area contributed by atoms with Crippen LogP contribution in [0.5, 0.6) is 0 Å². The number of thioether (sulfide) groups is 1. The number of fused-ring (bicyclic) bond motifs is 1. The summed E-state index contributed by atoms with van der Waals surface area (Å²) in [5.41, 5.74) is 3.82. The molecule has 0 aliphatic rings. The van der Waals surface area contributed by atoms with E-state index in [0.29, 0.717) is 0 Å². The summed E-state index contributed by atoms with van der Waals surface area (Å²) in [6, 6.07) is 24.0. The minimum Gasteiger partial charge on any atom is -0.391 e. The molecular formula is C24H18ClFN2OS. The number of halogens is 2. The number of para-hydroxylation sites is 1. The zero-order valence-electron chi connectivity index (χ0n) is 16.0. The van der Waals surface area contributed by atoms with Gasteiger partial charge in [-0.3, -0.25) is 0 Å². The second-order valence-electron chi connectivity index (χ2n) is 6.63. The maximum atomic E-state index is 13.0. The van der Waals surface area contributed by atoms with Gasteiger partial charge >= 0.3 is 0 Å². The van der Waals surface area contributed by atoms with E-state index in [-0.39, 0.29) is 12.4 Å². The van der Waals surface area contributed by atoms with Gasteiger partial charge in [0.15, 0.2) is 0 Å². The molecule has 0 fully saturated rings. The molecule has 0 bridgehead atoms. The minimum absolute atomic E-state index is 0.269. The van der Waals surface area contributed by atoms with Crippen LogP contribution in [0.15, 0.2) is 89.0 Å². The van der Waals surface area contributed by atoms with E-state index in [2.05, 4.69) is 11.2 Å². The van der Waals surface area contributed by atoms with Crippen LogP contribution in [0.3, 0.4) is 0 Å². The van der Waals surface area contributed by atoms with Crippen molar-refractivity contribution in [2.45, 2.75) is 17.4 Å². The van der Waals surface area contributed by atoms with Gasteiger partial charge in [0, 0.05) is 21.7 Å². The summed E-state index contributed by atoms with van der Waals surface area (Å²) < 4.78 is 13.0. The highest BCUT2D eigenvalue weighted by molar-refractivity contribution is 7.98. The van der Waals surface area contributed by atoms with Gasteiger partial charge in [0.1, 0.15) is 17.5 Å². The number of hydrogen-bond donors (Lipinski definition) is 0. The predicted molar refractivity (Wildman–Crippen MR) is 122 cm³/mol. The molecule has 0 aliphatic heterocycles. The van der Waals surface area contributed by atoms with Gasteiger partial charge in [-0.1, -0.05) is 59.2 Å². The zero-order valence-corrected chi connectivity index (χ0v) is 17.5. The van der Waals surface area contributed by atoms with Crippen molar-refractivity contribution < 1.29 is 9.23 Å². The van der Waals surface area contributed by atoms with Gasteiger partial charge < -0.3 is 4.84 Å². The Bertz CT molecular complexity index is 1160. The lowest BCUT2D eigenvalue weighted by Gasteiger charge is -2.08. The van der Waals surface area contributed by atoms with Crippen molar-refractivity contribution >= 4 is 40.5 Å². The molecule has 4 rings (SSSR count). The fourth-order valence-corrected chi connectivity index (χ4v) is 3.90. The lowest BCUT2D eigenvalue weighted by Crippen LogP contribution is -1.94. The summed E-state index contributed by atoms with van der Waals surface area (Å²) in [5.74, 6) is 0.492. The third-order valence-corrected chi connectivity index (χ3v) is 5.75. The SMILES string of the molecule is Fc1ccc(CO/N=C\c2cc3ccccc3nc2SCc2ccc(Cl)cc2)cc1. The van der Waals surface area contributed by atoms with E-state index < -0.39 is 0 Å². The molecule has 0 radical (unpaired) electrons. The molecule has 0 saturated carbocycles. The highest BCUT2D eigenvalue weighted by Gasteiger charge is 2.07. The smallest absolute Gasteiger partial charge is 0.142 e. The van der Waals surface area contributed by atoms with Gasteiger partial charge in [-0.05, 0) is 47.5 Å². The Morgan fingerprint density at radius 2 is 1.70 bits per heavy atom. The van der Waals surface area contributed by atoms with Gasteiger partial charge in [0.25, 0.3) is 0 Å². The Kier molecular flexibility index (Phi) is 6.62. The molecule has 0 saturated heterocycles. The van der Waals surface area contributed by atoms with Crippen molar-refractivity contribution in [1.82, 2.24) is 4.98 Å². The number of pyridine rings is 1. The summed E-state index contributed by atoms with van der Waals surface area (Å²) in [5, 5.41) is 6.73. The van der Waals surface area contributed by atoms with Crippen LogP contribution in [0, 0.1) is 5.82 Å². The van der Waals surface area contributed by atoms with Crippen LogP contribution in [-0.2, 0) is 17.2 Å². The van der Waals surface area contributed by atoms with Crippen molar-refractivity contribution in [2.75, 3.05) is 0 Å². The van der Waals surface area contributed by atoms with E-state index in [1.54, 1.807) is 30.1 Å². The highest BCUT2D eigenvalue weighted by atomic mass is 35.5. The first-order valence-corrected chi connectivity index (χ1v) is 10.7. The van der Waals surface area contributed by atoms with Crippen molar-refractivity contribution in [3.8, 4) is 0 Å². The molecule has 3 nitrogen and oxygen atoms in total. The second kappa shape index (κ2) is 9.74. The first kappa shape index (κ1) is 20.4. The maximum Gasteiger partial charge on any atom is 0.142 e. The van der Waals surface area contributed by atoms with Gasteiger partial charge in [0.2, 0.25) is 0 Å². The van der Waals surface area contributed by atoms with E-state index in [1.165, 1.54) is 12.1 Å². The Hall–Kier alpha value is -2.89. The quantitative estimate of drug-likeness (QED) is 0.180. The standard InChI is InChI=1S/C24H18ClFN2OS/c25-21-9-5-18(6-10-21)16-30-24-20(13-19-3-1-2-4-23(19)28-24)14-27-29-15-17-7-11-22(26)12-8-17/h1-14H,15-16H2/b27-14-. The van der Waals surface area contributed by atoms with E-state index >= 15 is 0 Å². The van der Waals surface area contributed by atoms with Crippen LogP contribution >= 0.6 is 23.4 Å². The van der Waals surface area contributed by atoms with Crippen molar-refractivity contribution in [1.29, 1.82) is 0 Å². The topological polar surface area (TPSA) is 34.5 Å². The molecule has 1 aromatic heterocycles. The predicted octanol–water partition coefficient (Wildman–Crippen LogP) is 6.87. The average Bonchev–Trinajstić information content (AvgIpc) is 2.77. The number of hydrogen-bond acceptors (Lipinski definition) is 4. The highest BCUT2D eigenvalue weighted by Crippen LogP contribution is 2.27. The molecule has 3 aromatic carbocycles. The molecular weight excluding hydrogens is 419 g/mol. The largest absolute Gasteiger partial charge is 0.391 e. The van der Waals surface area contributed by atoms with Crippen molar-refractivity contribution in [3.05, 3.63) is 106 Å². The van der Waals surface area contributed by atoms with E-state index in [4.69, 9.17) is 21.4 Å². The molecule has 0 N–H and O–H groups in total. The molecule has 0 spiro atoms. The Balaban J connectivity index is 1.51. The third-order valence-electron chi connectivity index (χ3n) is 4.42. The van der Waals surface area contributed by atoms with Crippen LogP contribution in [-0.4, -0.2) is 11.2 Å². The van der Waals surface area contributed by atoms with E-state index in [9.17, 15) is 4.39 Å². The first-order chi connectivity index (χ1) is 14.7. The van der Waals surface area contributed by atoms with Crippen LogP contribution in [0.1, 0.15) is 16.7 Å². The van der Waals surface area contributed by atoms with Gasteiger partial charge in [-0.2, -0.15) is 0 Å². The van der Waals surface area contributed by atoms with E-state index in [1.807, 2.05) is 48.5 Å². The average molecular weight is 437 g/mol.